The minimum absolute atomic E-state index is 0.0830. The fraction of sp³-hybridized carbons (Fsp3) is 0.700. The predicted molar refractivity (Wildman–Crippen MR) is 59.5 cm³/mol. The normalized spacial score (nSPS) is 11.5. The molecule has 0 spiro atoms. The zero-order valence-corrected chi connectivity index (χ0v) is 10.5. The standard InChI is InChI=1S/C10H18N2O5/c1-7(9(14)15)5-11(2)10(16)12(3)6-8(13)17-4/h7H,5-6H2,1-4H3,(H,14,15). The number of likely N-dealkylation sites (N-methyl/N-ethyl adjacent to an activating group) is 1. The van der Waals surface area contributed by atoms with Gasteiger partial charge in [0, 0.05) is 20.6 Å². The summed E-state index contributed by atoms with van der Waals surface area (Å²) in [7, 11) is 4.16. The van der Waals surface area contributed by atoms with Gasteiger partial charge in [0.05, 0.1) is 13.0 Å². The largest absolute Gasteiger partial charge is 0.481 e. The minimum Gasteiger partial charge on any atom is -0.481 e. The number of hydrogen-bond acceptors (Lipinski definition) is 4. The number of nitrogens with zero attached hydrogens (tertiary/aromatic N) is 2. The van der Waals surface area contributed by atoms with E-state index in [2.05, 4.69) is 4.74 Å². The summed E-state index contributed by atoms with van der Waals surface area (Å²) in [6, 6.07) is -0.427. The number of urea groups is 1. The van der Waals surface area contributed by atoms with Crippen molar-refractivity contribution >= 4 is 18.0 Å². The molecule has 0 aliphatic rings. The molecule has 0 aliphatic heterocycles. The van der Waals surface area contributed by atoms with Crippen LogP contribution in [0.4, 0.5) is 4.79 Å². The quantitative estimate of drug-likeness (QED) is 0.682. The fourth-order valence-corrected chi connectivity index (χ4v) is 1.18. The van der Waals surface area contributed by atoms with E-state index in [-0.39, 0.29) is 13.1 Å². The Labute approximate surface area is 99.9 Å². The lowest BCUT2D eigenvalue weighted by molar-refractivity contribution is -0.142. The molecule has 1 atom stereocenters. The van der Waals surface area contributed by atoms with Crippen LogP contribution in [0.15, 0.2) is 0 Å². The lowest BCUT2D eigenvalue weighted by Gasteiger charge is -2.25. The predicted octanol–water partition coefficient (Wildman–Crippen LogP) is -0.136. The van der Waals surface area contributed by atoms with Gasteiger partial charge in [-0.1, -0.05) is 6.92 Å². The molecule has 0 aromatic rings. The van der Waals surface area contributed by atoms with E-state index in [1.807, 2.05) is 0 Å². The van der Waals surface area contributed by atoms with Crippen molar-refractivity contribution < 1.29 is 24.2 Å². The van der Waals surface area contributed by atoms with Crippen molar-refractivity contribution in [2.45, 2.75) is 6.92 Å². The van der Waals surface area contributed by atoms with E-state index in [0.29, 0.717) is 0 Å². The van der Waals surface area contributed by atoms with E-state index in [4.69, 9.17) is 5.11 Å². The number of methoxy groups -OCH3 is 1. The first-order chi connectivity index (χ1) is 7.79. The van der Waals surface area contributed by atoms with Crippen LogP contribution in [0.2, 0.25) is 0 Å². The molecule has 7 nitrogen and oxygen atoms in total. The number of hydrogen-bond donors (Lipinski definition) is 1. The van der Waals surface area contributed by atoms with Gasteiger partial charge < -0.3 is 19.6 Å². The lowest BCUT2D eigenvalue weighted by Crippen LogP contribution is -2.43. The topological polar surface area (TPSA) is 87.2 Å². The van der Waals surface area contributed by atoms with Crippen LogP contribution in [0, 0.1) is 5.92 Å². The maximum Gasteiger partial charge on any atom is 0.325 e. The summed E-state index contributed by atoms with van der Waals surface area (Å²) in [5.41, 5.74) is 0. The Morgan fingerprint density at radius 2 is 1.76 bits per heavy atom. The number of ether oxygens (including phenoxy) is 1. The van der Waals surface area contributed by atoms with Crippen LogP contribution in [-0.2, 0) is 14.3 Å². The summed E-state index contributed by atoms with van der Waals surface area (Å²) in [6.07, 6.45) is 0. The first-order valence-electron chi connectivity index (χ1n) is 5.05. The van der Waals surface area contributed by atoms with Gasteiger partial charge in [0.25, 0.3) is 0 Å². The van der Waals surface area contributed by atoms with E-state index in [9.17, 15) is 14.4 Å². The molecular weight excluding hydrogens is 228 g/mol. The maximum atomic E-state index is 11.7. The van der Waals surface area contributed by atoms with E-state index >= 15 is 0 Å². The van der Waals surface area contributed by atoms with Crippen molar-refractivity contribution in [1.82, 2.24) is 9.80 Å². The molecule has 1 unspecified atom stereocenters. The molecule has 0 bridgehead atoms. The van der Waals surface area contributed by atoms with Gasteiger partial charge in [0.2, 0.25) is 0 Å². The Morgan fingerprint density at radius 1 is 1.24 bits per heavy atom. The zero-order valence-electron chi connectivity index (χ0n) is 10.5. The van der Waals surface area contributed by atoms with Crippen LogP contribution in [0.1, 0.15) is 6.92 Å². The summed E-state index contributed by atoms with van der Waals surface area (Å²) >= 11 is 0. The van der Waals surface area contributed by atoms with E-state index in [1.165, 1.54) is 37.9 Å². The third kappa shape index (κ3) is 5.19. The number of amides is 2. The molecule has 2 amide bonds. The van der Waals surface area contributed by atoms with Gasteiger partial charge in [0.1, 0.15) is 6.54 Å². The second-order valence-corrected chi connectivity index (χ2v) is 3.83. The van der Waals surface area contributed by atoms with Crippen molar-refractivity contribution in [1.29, 1.82) is 0 Å². The molecule has 7 heteroatoms. The molecule has 0 aromatic carbocycles. The van der Waals surface area contributed by atoms with Gasteiger partial charge in [-0.05, 0) is 0 Å². The molecule has 0 aromatic heterocycles. The lowest BCUT2D eigenvalue weighted by atomic mass is 10.2. The molecular formula is C10H18N2O5. The summed E-state index contributed by atoms with van der Waals surface area (Å²) in [4.78, 5) is 35.7. The summed E-state index contributed by atoms with van der Waals surface area (Å²) in [6.45, 7) is 1.42. The van der Waals surface area contributed by atoms with Crippen LogP contribution < -0.4 is 0 Å². The van der Waals surface area contributed by atoms with Gasteiger partial charge in [-0.25, -0.2) is 4.79 Å². The molecule has 0 radical (unpaired) electrons. The number of carbonyl (C=O) groups is 3. The molecule has 0 heterocycles. The number of rotatable bonds is 5. The first-order valence-corrected chi connectivity index (χ1v) is 5.05. The van der Waals surface area contributed by atoms with E-state index in [0.717, 1.165) is 0 Å². The first kappa shape index (κ1) is 15.2. The molecule has 98 valence electrons. The van der Waals surface area contributed by atoms with Crippen LogP contribution in [0.5, 0.6) is 0 Å². The third-order valence-electron chi connectivity index (χ3n) is 2.22. The highest BCUT2D eigenvalue weighted by atomic mass is 16.5. The number of esters is 1. The smallest absolute Gasteiger partial charge is 0.325 e. The number of carboxylic acids is 1. The molecule has 0 saturated heterocycles. The van der Waals surface area contributed by atoms with Crippen LogP contribution >= 0.6 is 0 Å². The second kappa shape index (κ2) is 6.72. The van der Waals surface area contributed by atoms with Crippen molar-refractivity contribution in [2.75, 3.05) is 34.3 Å². The highest BCUT2D eigenvalue weighted by Crippen LogP contribution is 2.01. The molecule has 1 N–H and O–H groups in total. The Balaban J connectivity index is 4.29. The minimum atomic E-state index is -0.972. The van der Waals surface area contributed by atoms with Gasteiger partial charge in [-0.15, -0.1) is 0 Å². The summed E-state index contributed by atoms with van der Waals surface area (Å²) < 4.78 is 4.42. The third-order valence-corrected chi connectivity index (χ3v) is 2.22. The van der Waals surface area contributed by atoms with E-state index in [1.54, 1.807) is 0 Å². The van der Waals surface area contributed by atoms with Crippen LogP contribution in [0.25, 0.3) is 0 Å². The molecule has 17 heavy (non-hydrogen) atoms. The van der Waals surface area contributed by atoms with E-state index < -0.39 is 23.9 Å². The number of carboxylic acid groups (broad SMARTS) is 1. The average Bonchev–Trinajstić information content (AvgIpc) is 2.27. The monoisotopic (exact) mass is 246 g/mol. The van der Waals surface area contributed by atoms with Crippen molar-refractivity contribution in [2.24, 2.45) is 5.92 Å². The molecule has 0 fully saturated rings. The SMILES string of the molecule is COC(=O)CN(C)C(=O)N(C)CC(C)C(=O)O. The Hall–Kier alpha value is -1.79. The zero-order chi connectivity index (χ0) is 13.6. The average molecular weight is 246 g/mol. The van der Waals surface area contributed by atoms with Crippen LogP contribution in [-0.4, -0.2) is 67.2 Å². The second-order valence-electron chi connectivity index (χ2n) is 3.83. The van der Waals surface area contributed by atoms with Gasteiger partial charge in [-0.2, -0.15) is 0 Å². The van der Waals surface area contributed by atoms with Crippen molar-refractivity contribution in [3.05, 3.63) is 0 Å². The number of aliphatic carboxylic acids is 1. The van der Waals surface area contributed by atoms with Gasteiger partial charge in [0.15, 0.2) is 0 Å². The van der Waals surface area contributed by atoms with Crippen LogP contribution in [0.3, 0.4) is 0 Å². The summed E-state index contributed by atoms with van der Waals surface area (Å²) in [5, 5.41) is 8.71. The van der Waals surface area contributed by atoms with Gasteiger partial charge >= 0.3 is 18.0 Å². The Morgan fingerprint density at radius 3 is 2.18 bits per heavy atom. The highest BCUT2D eigenvalue weighted by Gasteiger charge is 2.21. The van der Waals surface area contributed by atoms with Crippen molar-refractivity contribution in [3.8, 4) is 0 Å². The molecule has 0 aliphatic carbocycles. The van der Waals surface area contributed by atoms with Crippen molar-refractivity contribution in [3.63, 3.8) is 0 Å². The summed E-state index contributed by atoms with van der Waals surface area (Å²) in [5.74, 6) is -2.16. The Kier molecular flexibility index (Phi) is 6.01. The maximum absolute atomic E-state index is 11.7. The Bertz CT molecular complexity index is 305. The number of carbonyl (C=O) groups excluding carboxylic acids is 2. The fourth-order valence-electron chi connectivity index (χ4n) is 1.18. The molecule has 0 rings (SSSR count). The molecule has 0 saturated carbocycles. The highest BCUT2D eigenvalue weighted by molar-refractivity contribution is 5.81. The van der Waals surface area contributed by atoms with Gasteiger partial charge in [-0.3, -0.25) is 9.59 Å².